The first-order chi connectivity index (χ1) is 17.1. The highest BCUT2D eigenvalue weighted by Gasteiger charge is 2.39. The number of likely N-dealkylation sites (tertiary alicyclic amines) is 1. The number of carboxylic acid groups (broad SMARTS) is 1. The zero-order valence-electron chi connectivity index (χ0n) is 20.4. The fourth-order valence-electron chi connectivity index (χ4n) is 4.02. The normalized spacial score (nSPS) is 17.6. The summed E-state index contributed by atoms with van der Waals surface area (Å²) >= 11 is 1.54. The molecule has 0 aromatic heterocycles. The Bertz CT molecular complexity index is 931. The van der Waals surface area contributed by atoms with Gasteiger partial charge in [0.25, 0.3) is 0 Å². The summed E-state index contributed by atoms with van der Waals surface area (Å²) in [6.07, 6.45) is 3.09. The highest BCUT2D eigenvalue weighted by atomic mass is 32.2. The molecule has 0 aliphatic carbocycles. The quantitative estimate of drug-likeness (QED) is 0.219. The molecule has 1 saturated heterocycles. The van der Waals surface area contributed by atoms with Crippen LogP contribution in [0.1, 0.15) is 37.7 Å². The van der Waals surface area contributed by atoms with Gasteiger partial charge in [0.1, 0.15) is 18.1 Å². The first-order valence-corrected chi connectivity index (χ1v) is 13.2. The van der Waals surface area contributed by atoms with E-state index < -0.39 is 53.8 Å². The topological polar surface area (TPSA) is 185 Å². The smallest absolute Gasteiger partial charge is 0.326 e. The predicted molar refractivity (Wildman–Crippen MR) is 136 cm³/mol. The van der Waals surface area contributed by atoms with Crippen molar-refractivity contribution in [2.45, 2.75) is 62.7 Å². The molecule has 4 atom stereocenters. The zero-order valence-corrected chi connectivity index (χ0v) is 21.2. The van der Waals surface area contributed by atoms with Crippen LogP contribution >= 0.6 is 11.8 Å². The standard InChI is InChI=1S/C24H35N5O6S/c1-36-13-11-16(25)21(31)27-17(9-10-20(26)30)23(33)29-12-5-8-19(29)22(32)28-18(24(34)35)14-15-6-3-2-4-7-15/h2-4,6-7,16-19H,5,8-14,25H2,1H3,(H2,26,30)(H,27,31)(H,28,32)(H,34,35). The first kappa shape index (κ1) is 29.1. The number of rotatable bonds is 14. The summed E-state index contributed by atoms with van der Waals surface area (Å²) in [6.45, 7) is 0.259. The van der Waals surface area contributed by atoms with Gasteiger partial charge < -0.3 is 32.1 Å². The Hall–Kier alpha value is -3.12. The molecule has 2 rings (SSSR count). The van der Waals surface area contributed by atoms with Crippen LogP contribution in [0.5, 0.6) is 0 Å². The second-order valence-electron chi connectivity index (χ2n) is 8.73. The van der Waals surface area contributed by atoms with Gasteiger partial charge in [-0.15, -0.1) is 0 Å². The van der Waals surface area contributed by atoms with E-state index in [-0.39, 0.29) is 25.8 Å². The maximum absolute atomic E-state index is 13.4. The Balaban J connectivity index is 2.12. The van der Waals surface area contributed by atoms with E-state index in [1.54, 1.807) is 24.3 Å². The van der Waals surface area contributed by atoms with E-state index in [0.717, 1.165) is 5.56 Å². The average molecular weight is 522 g/mol. The van der Waals surface area contributed by atoms with Gasteiger partial charge in [-0.1, -0.05) is 30.3 Å². The molecular formula is C24H35N5O6S. The molecule has 0 saturated carbocycles. The molecule has 0 radical (unpaired) electrons. The van der Waals surface area contributed by atoms with E-state index in [4.69, 9.17) is 11.5 Å². The number of thioether (sulfide) groups is 1. The Morgan fingerprint density at radius 2 is 1.81 bits per heavy atom. The summed E-state index contributed by atoms with van der Waals surface area (Å²) in [6, 6.07) is 4.93. The SMILES string of the molecule is CSCCC(N)C(=O)NC(CCC(N)=O)C(=O)N1CCCC1C(=O)NC(Cc1ccccc1)C(=O)O. The van der Waals surface area contributed by atoms with Crippen LogP contribution in [0, 0.1) is 0 Å². The van der Waals surface area contributed by atoms with Crippen LogP contribution in [-0.2, 0) is 30.4 Å². The molecule has 1 aliphatic rings. The van der Waals surface area contributed by atoms with Crippen LogP contribution < -0.4 is 22.1 Å². The van der Waals surface area contributed by atoms with Crippen LogP contribution in [0.2, 0.25) is 0 Å². The molecule has 1 fully saturated rings. The van der Waals surface area contributed by atoms with Crippen molar-refractivity contribution < 1.29 is 29.1 Å². The summed E-state index contributed by atoms with van der Waals surface area (Å²) < 4.78 is 0. The minimum Gasteiger partial charge on any atom is -0.480 e. The summed E-state index contributed by atoms with van der Waals surface area (Å²) in [7, 11) is 0. The van der Waals surface area contributed by atoms with Crippen LogP contribution in [0.15, 0.2) is 30.3 Å². The number of amides is 4. The third-order valence-electron chi connectivity index (χ3n) is 6.00. The lowest BCUT2D eigenvalue weighted by Crippen LogP contribution is -2.57. The molecule has 1 aliphatic heterocycles. The van der Waals surface area contributed by atoms with E-state index in [1.807, 2.05) is 12.3 Å². The molecule has 7 N–H and O–H groups in total. The molecular weight excluding hydrogens is 486 g/mol. The summed E-state index contributed by atoms with van der Waals surface area (Å²) in [4.78, 5) is 63.5. The highest BCUT2D eigenvalue weighted by molar-refractivity contribution is 7.98. The van der Waals surface area contributed by atoms with E-state index in [1.165, 1.54) is 16.7 Å². The molecule has 198 valence electrons. The van der Waals surface area contributed by atoms with Crippen LogP contribution in [0.3, 0.4) is 0 Å². The molecule has 36 heavy (non-hydrogen) atoms. The zero-order chi connectivity index (χ0) is 26.7. The number of nitrogens with zero attached hydrogens (tertiary/aromatic N) is 1. The van der Waals surface area contributed by atoms with Crippen molar-refractivity contribution in [3.63, 3.8) is 0 Å². The Labute approximate surface area is 214 Å². The first-order valence-electron chi connectivity index (χ1n) is 11.8. The molecule has 0 bridgehead atoms. The van der Waals surface area contributed by atoms with Crippen molar-refractivity contribution in [1.82, 2.24) is 15.5 Å². The maximum atomic E-state index is 13.4. The summed E-state index contributed by atoms with van der Waals surface area (Å²) in [5.74, 6) is -2.80. The van der Waals surface area contributed by atoms with Gasteiger partial charge in [0.2, 0.25) is 23.6 Å². The monoisotopic (exact) mass is 521 g/mol. The highest BCUT2D eigenvalue weighted by Crippen LogP contribution is 2.20. The van der Waals surface area contributed by atoms with Crippen LogP contribution in [0.4, 0.5) is 0 Å². The number of hydrogen-bond acceptors (Lipinski definition) is 7. The lowest BCUT2D eigenvalue weighted by molar-refractivity contribution is -0.145. The van der Waals surface area contributed by atoms with E-state index in [2.05, 4.69) is 10.6 Å². The fraction of sp³-hybridized carbons (Fsp3) is 0.542. The number of aliphatic carboxylic acids is 1. The summed E-state index contributed by atoms with van der Waals surface area (Å²) in [5.41, 5.74) is 11.9. The van der Waals surface area contributed by atoms with Crippen molar-refractivity contribution >= 4 is 41.4 Å². The minimum absolute atomic E-state index is 0.0360. The fourth-order valence-corrected chi connectivity index (χ4v) is 4.51. The second kappa shape index (κ2) is 14.4. The predicted octanol–water partition coefficient (Wildman–Crippen LogP) is -0.380. The number of primary amides is 1. The van der Waals surface area contributed by atoms with Crippen LogP contribution in [-0.4, -0.2) is 82.3 Å². The van der Waals surface area contributed by atoms with Crippen molar-refractivity contribution in [3.05, 3.63) is 35.9 Å². The molecule has 4 amide bonds. The molecule has 4 unspecified atom stereocenters. The van der Waals surface area contributed by atoms with Gasteiger partial charge in [-0.25, -0.2) is 4.79 Å². The lowest BCUT2D eigenvalue weighted by Gasteiger charge is -2.30. The lowest BCUT2D eigenvalue weighted by atomic mass is 10.0. The molecule has 1 heterocycles. The van der Waals surface area contributed by atoms with Crippen molar-refractivity contribution in [2.75, 3.05) is 18.6 Å². The van der Waals surface area contributed by atoms with Crippen molar-refractivity contribution in [3.8, 4) is 0 Å². The minimum atomic E-state index is -1.19. The van der Waals surface area contributed by atoms with Gasteiger partial charge in [0.15, 0.2) is 0 Å². The number of carboxylic acids is 1. The van der Waals surface area contributed by atoms with Gasteiger partial charge in [-0.3, -0.25) is 19.2 Å². The van der Waals surface area contributed by atoms with E-state index >= 15 is 0 Å². The number of carbonyl (C=O) groups is 5. The van der Waals surface area contributed by atoms with Gasteiger partial charge in [0.05, 0.1) is 6.04 Å². The third-order valence-corrected chi connectivity index (χ3v) is 6.64. The van der Waals surface area contributed by atoms with Gasteiger partial charge in [0, 0.05) is 19.4 Å². The Morgan fingerprint density at radius 3 is 2.42 bits per heavy atom. The Morgan fingerprint density at radius 1 is 1.11 bits per heavy atom. The molecule has 1 aromatic rings. The molecule has 0 spiro atoms. The largest absolute Gasteiger partial charge is 0.480 e. The second-order valence-corrected chi connectivity index (χ2v) is 9.72. The van der Waals surface area contributed by atoms with Gasteiger partial charge in [-0.05, 0) is 43.3 Å². The number of carbonyl (C=O) groups excluding carboxylic acids is 4. The number of hydrogen-bond donors (Lipinski definition) is 5. The number of benzene rings is 1. The molecule has 1 aromatic carbocycles. The average Bonchev–Trinajstić information content (AvgIpc) is 3.34. The van der Waals surface area contributed by atoms with Gasteiger partial charge in [-0.2, -0.15) is 11.8 Å². The maximum Gasteiger partial charge on any atom is 0.326 e. The van der Waals surface area contributed by atoms with Crippen LogP contribution in [0.25, 0.3) is 0 Å². The van der Waals surface area contributed by atoms with Crippen molar-refractivity contribution in [1.29, 1.82) is 0 Å². The van der Waals surface area contributed by atoms with Crippen molar-refractivity contribution in [2.24, 2.45) is 11.5 Å². The molecule has 11 nitrogen and oxygen atoms in total. The summed E-state index contributed by atoms with van der Waals surface area (Å²) in [5, 5.41) is 14.8. The molecule has 12 heteroatoms. The van der Waals surface area contributed by atoms with E-state index in [9.17, 15) is 29.1 Å². The third kappa shape index (κ3) is 8.83. The van der Waals surface area contributed by atoms with Gasteiger partial charge >= 0.3 is 5.97 Å². The van der Waals surface area contributed by atoms with E-state index in [0.29, 0.717) is 25.0 Å². The number of nitrogens with two attached hydrogens (primary N) is 2. The Kier molecular flexibility index (Phi) is 11.7. The number of nitrogens with one attached hydrogen (secondary N) is 2.